The lowest BCUT2D eigenvalue weighted by Crippen LogP contribution is -2.35. The Morgan fingerprint density at radius 1 is 1.33 bits per heavy atom. The Balaban J connectivity index is 1.82. The first-order valence-electron chi connectivity index (χ1n) is 6.42. The Morgan fingerprint density at radius 2 is 2.11 bits per heavy atom. The predicted octanol–water partition coefficient (Wildman–Crippen LogP) is 2.51. The predicted molar refractivity (Wildman–Crippen MR) is 71.8 cm³/mol. The monoisotopic (exact) mass is 243 g/mol. The average molecular weight is 243 g/mol. The van der Waals surface area contributed by atoms with Gasteiger partial charge in [-0.3, -0.25) is 4.79 Å². The minimum absolute atomic E-state index is 0.406. The van der Waals surface area contributed by atoms with E-state index in [4.69, 9.17) is 0 Å². The molecule has 2 aromatic rings. The van der Waals surface area contributed by atoms with Gasteiger partial charge in [0.05, 0.1) is 17.4 Å². The molecule has 0 aliphatic heterocycles. The number of H-pyrrole nitrogens is 1. The van der Waals surface area contributed by atoms with Gasteiger partial charge >= 0.3 is 0 Å². The number of benzene rings is 1. The Kier molecular flexibility index (Phi) is 2.78. The van der Waals surface area contributed by atoms with Gasteiger partial charge in [0.1, 0.15) is 5.78 Å². The topological polar surface area (TPSA) is 49.0 Å². The van der Waals surface area contributed by atoms with Gasteiger partial charge < -0.3 is 9.88 Å². The second-order valence-corrected chi connectivity index (χ2v) is 4.98. The normalized spacial score (nSPS) is 17.3. The second kappa shape index (κ2) is 4.44. The van der Waals surface area contributed by atoms with Gasteiger partial charge in [0, 0.05) is 31.6 Å². The van der Waals surface area contributed by atoms with Crippen LogP contribution in [0.1, 0.15) is 25.7 Å². The molecule has 0 spiro atoms. The van der Waals surface area contributed by atoms with Crippen molar-refractivity contribution in [3.05, 3.63) is 24.5 Å². The highest BCUT2D eigenvalue weighted by atomic mass is 16.1. The van der Waals surface area contributed by atoms with Gasteiger partial charge in [-0.05, 0) is 31.0 Å². The van der Waals surface area contributed by atoms with E-state index in [1.165, 1.54) is 5.69 Å². The number of ketones is 1. The van der Waals surface area contributed by atoms with Crippen LogP contribution in [0.2, 0.25) is 0 Å². The fourth-order valence-corrected chi connectivity index (χ4v) is 2.67. The number of nitrogens with zero attached hydrogens (tertiary/aromatic N) is 2. The molecule has 1 N–H and O–H groups in total. The number of nitrogens with one attached hydrogen (secondary N) is 1. The molecule has 4 nitrogen and oxygen atoms in total. The maximum Gasteiger partial charge on any atom is 0.133 e. The van der Waals surface area contributed by atoms with E-state index in [2.05, 4.69) is 34.0 Å². The number of hydrogen-bond acceptors (Lipinski definition) is 3. The zero-order chi connectivity index (χ0) is 12.5. The van der Waals surface area contributed by atoms with Crippen LogP contribution in [0.3, 0.4) is 0 Å². The number of carbonyl (C=O) groups excluding carboxylic acids is 1. The Bertz CT molecular complexity index is 565. The molecular formula is C14H17N3O. The summed E-state index contributed by atoms with van der Waals surface area (Å²) in [7, 11) is 2.11. The zero-order valence-electron chi connectivity index (χ0n) is 10.5. The van der Waals surface area contributed by atoms with Crippen LogP contribution < -0.4 is 4.90 Å². The van der Waals surface area contributed by atoms with Gasteiger partial charge in [-0.2, -0.15) is 0 Å². The van der Waals surface area contributed by atoms with Gasteiger partial charge in [-0.15, -0.1) is 0 Å². The van der Waals surface area contributed by atoms with Crippen molar-refractivity contribution in [2.75, 3.05) is 11.9 Å². The quantitative estimate of drug-likeness (QED) is 0.881. The molecule has 1 aliphatic rings. The summed E-state index contributed by atoms with van der Waals surface area (Å²) < 4.78 is 0. The number of aromatic nitrogens is 2. The van der Waals surface area contributed by atoms with E-state index in [0.717, 1.165) is 36.7 Å². The van der Waals surface area contributed by atoms with Crippen LogP contribution >= 0.6 is 0 Å². The third kappa shape index (κ3) is 1.98. The van der Waals surface area contributed by atoms with E-state index in [-0.39, 0.29) is 0 Å². The molecule has 0 bridgehead atoms. The summed E-state index contributed by atoms with van der Waals surface area (Å²) in [6.45, 7) is 0. The van der Waals surface area contributed by atoms with E-state index in [0.29, 0.717) is 11.8 Å². The molecule has 1 heterocycles. The number of Topliss-reactive ketones (excluding diaryl/α,β-unsaturated/α-hetero) is 1. The highest BCUT2D eigenvalue weighted by molar-refractivity contribution is 5.80. The Morgan fingerprint density at radius 3 is 2.89 bits per heavy atom. The molecule has 1 fully saturated rings. The zero-order valence-corrected chi connectivity index (χ0v) is 10.5. The van der Waals surface area contributed by atoms with Crippen molar-refractivity contribution in [3.8, 4) is 0 Å². The van der Waals surface area contributed by atoms with Gasteiger partial charge in [0.15, 0.2) is 0 Å². The molecule has 1 saturated carbocycles. The molecule has 4 heteroatoms. The summed E-state index contributed by atoms with van der Waals surface area (Å²) in [5.74, 6) is 0.406. The molecule has 0 atom stereocenters. The number of fused-ring (bicyclic) bond motifs is 1. The van der Waals surface area contributed by atoms with Gasteiger partial charge in [0.25, 0.3) is 0 Å². The number of carbonyl (C=O) groups is 1. The highest BCUT2D eigenvalue weighted by Crippen LogP contribution is 2.26. The average Bonchev–Trinajstić information content (AvgIpc) is 2.86. The second-order valence-electron chi connectivity index (χ2n) is 4.98. The largest absolute Gasteiger partial charge is 0.372 e. The molecule has 1 aliphatic carbocycles. The van der Waals surface area contributed by atoms with E-state index in [1.807, 2.05) is 6.07 Å². The van der Waals surface area contributed by atoms with Crippen molar-refractivity contribution >= 4 is 22.5 Å². The minimum atomic E-state index is 0.406. The van der Waals surface area contributed by atoms with E-state index < -0.39 is 0 Å². The van der Waals surface area contributed by atoms with Crippen LogP contribution in [0.25, 0.3) is 11.0 Å². The number of anilines is 1. The van der Waals surface area contributed by atoms with Crippen LogP contribution in [-0.2, 0) is 4.79 Å². The summed E-state index contributed by atoms with van der Waals surface area (Å²) in [6, 6.07) is 6.73. The first-order chi connectivity index (χ1) is 8.74. The molecule has 0 unspecified atom stereocenters. The SMILES string of the molecule is CN(c1ccc2nc[nH]c2c1)C1CCC(=O)CC1. The fourth-order valence-electron chi connectivity index (χ4n) is 2.67. The maximum absolute atomic E-state index is 11.3. The third-order valence-electron chi connectivity index (χ3n) is 3.87. The van der Waals surface area contributed by atoms with Gasteiger partial charge in [0.2, 0.25) is 0 Å². The van der Waals surface area contributed by atoms with Crippen LogP contribution in [0.5, 0.6) is 0 Å². The van der Waals surface area contributed by atoms with Crippen molar-refractivity contribution in [2.45, 2.75) is 31.7 Å². The van der Waals surface area contributed by atoms with Crippen molar-refractivity contribution in [1.82, 2.24) is 9.97 Å². The van der Waals surface area contributed by atoms with E-state index >= 15 is 0 Å². The summed E-state index contributed by atoms with van der Waals surface area (Å²) in [6.07, 6.45) is 5.10. The smallest absolute Gasteiger partial charge is 0.133 e. The molecule has 0 amide bonds. The summed E-state index contributed by atoms with van der Waals surface area (Å²) in [5.41, 5.74) is 3.24. The minimum Gasteiger partial charge on any atom is -0.372 e. The van der Waals surface area contributed by atoms with Crippen molar-refractivity contribution < 1.29 is 4.79 Å². The lowest BCUT2D eigenvalue weighted by molar-refractivity contribution is -0.120. The lowest BCUT2D eigenvalue weighted by atomic mass is 9.93. The molecule has 1 aromatic carbocycles. The Hall–Kier alpha value is -1.84. The first kappa shape index (κ1) is 11.3. The molecule has 18 heavy (non-hydrogen) atoms. The summed E-state index contributed by atoms with van der Waals surface area (Å²) in [5, 5.41) is 0. The van der Waals surface area contributed by atoms with Gasteiger partial charge in [-0.1, -0.05) is 0 Å². The van der Waals surface area contributed by atoms with Crippen LogP contribution in [-0.4, -0.2) is 28.8 Å². The summed E-state index contributed by atoms with van der Waals surface area (Å²) >= 11 is 0. The fraction of sp³-hybridized carbons (Fsp3) is 0.429. The molecule has 3 rings (SSSR count). The number of hydrogen-bond donors (Lipinski definition) is 1. The maximum atomic E-state index is 11.3. The number of imidazole rings is 1. The van der Waals surface area contributed by atoms with E-state index in [9.17, 15) is 4.79 Å². The summed E-state index contributed by atoms with van der Waals surface area (Å²) in [4.78, 5) is 20.9. The van der Waals surface area contributed by atoms with Crippen molar-refractivity contribution in [3.63, 3.8) is 0 Å². The molecule has 0 radical (unpaired) electrons. The van der Waals surface area contributed by atoms with Gasteiger partial charge in [-0.25, -0.2) is 4.98 Å². The molecule has 94 valence electrons. The highest BCUT2D eigenvalue weighted by Gasteiger charge is 2.22. The number of rotatable bonds is 2. The van der Waals surface area contributed by atoms with Crippen LogP contribution in [0, 0.1) is 0 Å². The van der Waals surface area contributed by atoms with Crippen LogP contribution in [0.15, 0.2) is 24.5 Å². The molecule has 1 aromatic heterocycles. The van der Waals surface area contributed by atoms with Crippen molar-refractivity contribution in [1.29, 1.82) is 0 Å². The van der Waals surface area contributed by atoms with Crippen molar-refractivity contribution in [2.24, 2.45) is 0 Å². The first-order valence-corrected chi connectivity index (χ1v) is 6.42. The number of aromatic amines is 1. The standard InChI is InChI=1S/C14H17N3O/c1-17(10-2-5-12(18)6-3-10)11-4-7-13-14(8-11)16-9-15-13/h4,7-10H,2-3,5-6H2,1H3,(H,15,16). The third-order valence-corrected chi connectivity index (χ3v) is 3.87. The van der Waals surface area contributed by atoms with Crippen LogP contribution in [0.4, 0.5) is 5.69 Å². The van der Waals surface area contributed by atoms with E-state index in [1.54, 1.807) is 6.33 Å². The molecule has 0 saturated heterocycles. The lowest BCUT2D eigenvalue weighted by Gasteiger charge is -2.32. The Labute approximate surface area is 106 Å². The molecular weight excluding hydrogens is 226 g/mol.